The van der Waals surface area contributed by atoms with Crippen molar-refractivity contribution in [1.29, 1.82) is 0 Å². The quantitative estimate of drug-likeness (QED) is 0.425. The number of carboxylic acids is 1. The molecule has 2 unspecified atom stereocenters. The molecule has 4 rings (SSSR count). The Kier molecular flexibility index (Phi) is 7.22. The number of alkyl carbamates (subject to hydrolysis) is 1. The highest BCUT2D eigenvalue weighted by Gasteiger charge is 2.30. The third-order valence-electron chi connectivity index (χ3n) is 5.84. The van der Waals surface area contributed by atoms with Crippen molar-refractivity contribution >= 4 is 29.3 Å². The Morgan fingerprint density at radius 1 is 1.06 bits per heavy atom. The second-order valence-electron chi connectivity index (χ2n) is 8.09. The highest BCUT2D eigenvalue weighted by atomic mass is 32.1. The highest BCUT2D eigenvalue weighted by Crippen LogP contribution is 2.44. The minimum absolute atomic E-state index is 0.0548. The first-order chi connectivity index (χ1) is 16.4. The molecule has 2 atom stereocenters. The molecule has 1 heterocycles. The fraction of sp³-hybridized carbons (Fsp3) is 0.280. The third-order valence-corrected chi connectivity index (χ3v) is 6.79. The van der Waals surface area contributed by atoms with Crippen molar-refractivity contribution in [2.24, 2.45) is 0 Å². The van der Waals surface area contributed by atoms with Crippen LogP contribution < -0.4 is 10.6 Å². The molecule has 8 nitrogen and oxygen atoms in total. The molecule has 0 aliphatic heterocycles. The molecule has 1 aromatic heterocycles. The molecule has 176 valence electrons. The predicted molar refractivity (Wildman–Crippen MR) is 128 cm³/mol. The molecule has 1 aliphatic carbocycles. The van der Waals surface area contributed by atoms with Crippen molar-refractivity contribution in [2.45, 2.75) is 37.8 Å². The number of hydrogen-bond donors (Lipinski definition) is 3. The highest BCUT2D eigenvalue weighted by molar-refractivity contribution is 7.09. The van der Waals surface area contributed by atoms with E-state index in [4.69, 9.17) is 9.84 Å². The van der Waals surface area contributed by atoms with E-state index in [9.17, 15) is 14.4 Å². The molecule has 0 spiro atoms. The van der Waals surface area contributed by atoms with Crippen LogP contribution in [0.5, 0.6) is 0 Å². The Hall–Kier alpha value is -3.72. The van der Waals surface area contributed by atoms with Gasteiger partial charge in [-0.05, 0) is 35.6 Å². The zero-order valence-electron chi connectivity index (χ0n) is 18.6. The largest absolute Gasteiger partial charge is 0.481 e. The number of carbonyl (C=O) groups excluding carboxylic acids is 2. The first-order valence-electron chi connectivity index (χ1n) is 11.0. The molecule has 0 fully saturated rings. The van der Waals surface area contributed by atoms with Crippen LogP contribution in [-0.2, 0) is 14.3 Å². The van der Waals surface area contributed by atoms with E-state index in [1.54, 1.807) is 18.6 Å². The van der Waals surface area contributed by atoms with Gasteiger partial charge in [-0.3, -0.25) is 14.6 Å². The predicted octanol–water partition coefficient (Wildman–Crippen LogP) is 4.09. The van der Waals surface area contributed by atoms with E-state index < -0.39 is 24.0 Å². The minimum Gasteiger partial charge on any atom is -0.481 e. The fourth-order valence-corrected chi connectivity index (χ4v) is 4.77. The van der Waals surface area contributed by atoms with Gasteiger partial charge in [0.1, 0.15) is 12.6 Å². The molecule has 9 heteroatoms. The van der Waals surface area contributed by atoms with Crippen molar-refractivity contribution in [3.05, 3.63) is 76.2 Å². The maximum absolute atomic E-state index is 12.8. The van der Waals surface area contributed by atoms with Gasteiger partial charge in [-0.25, -0.2) is 4.79 Å². The summed E-state index contributed by atoms with van der Waals surface area (Å²) in [6.45, 7) is 1.90. The number of nitrogens with one attached hydrogen (secondary N) is 2. The molecule has 3 N–H and O–H groups in total. The summed E-state index contributed by atoms with van der Waals surface area (Å²) >= 11 is 1.40. The van der Waals surface area contributed by atoms with Crippen LogP contribution in [0.15, 0.2) is 60.2 Å². The van der Waals surface area contributed by atoms with Gasteiger partial charge in [0.2, 0.25) is 5.91 Å². The van der Waals surface area contributed by atoms with Crippen LogP contribution in [0.3, 0.4) is 0 Å². The zero-order valence-corrected chi connectivity index (χ0v) is 19.4. The molecule has 3 aromatic rings. The van der Waals surface area contributed by atoms with Gasteiger partial charge in [0.05, 0.1) is 11.6 Å². The summed E-state index contributed by atoms with van der Waals surface area (Å²) < 4.78 is 5.52. The van der Waals surface area contributed by atoms with E-state index in [1.807, 2.05) is 48.5 Å². The van der Waals surface area contributed by atoms with Crippen molar-refractivity contribution in [2.75, 3.05) is 6.61 Å². The summed E-state index contributed by atoms with van der Waals surface area (Å²) in [5.74, 6) is -1.64. The van der Waals surface area contributed by atoms with Crippen LogP contribution >= 0.6 is 11.3 Å². The normalized spacial score (nSPS) is 13.9. The standard InChI is InChI=1S/C25H25N3O5S/c1-15(22-12-26-14-34-22)27-24(31)21(10-11-23(29)30)28-25(32)33-13-20-18-8-4-2-6-16(18)17-7-3-5-9-19(17)20/h2-9,12,14-15,20-21H,10-11,13H2,1H3,(H,27,31)(H,28,32)(H,29,30). The Labute approximate surface area is 201 Å². The van der Waals surface area contributed by atoms with Crippen LogP contribution in [0.2, 0.25) is 0 Å². The molecule has 0 saturated carbocycles. The van der Waals surface area contributed by atoms with E-state index in [-0.39, 0.29) is 31.4 Å². The lowest BCUT2D eigenvalue weighted by molar-refractivity contribution is -0.137. The maximum atomic E-state index is 12.8. The number of ether oxygens (including phenoxy) is 1. The number of carbonyl (C=O) groups is 3. The second-order valence-corrected chi connectivity index (χ2v) is 9.01. The van der Waals surface area contributed by atoms with Crippen molar-refractivity contribution < 1.29 is 24.2 Å². The lowest BCUT2D eigenvalue weighted by atomic mass is 9.98. The molecule has 2 aromatic carbocycles. The van der Waals surface area contributed by atoms with Crippen molar-refractivity contribution in [1.82, 2.24) is 15.6 Å². The molecule has 2 amide bonds. The SMILES string of the molecule is CC(NC(=O)C(CCC(=O)O)NC(=O)OCC1c2ccccc2-c2ccccc21)c1cncs1. The molecule has 34 heavy (non-hydrogen) atoms. The number of rotatable bonds is 9. The molecular weight excluding hydrogens is 454 g/mol. The summed E-state index contributed by atoms with van der Waals surface area (Å²) in [6, 6.07) is 14.6. The number of carboxylic acid groups (broad SMARTS) is 1. The number of hydrogen-bond acceptors (Lipinski definition) is 6. The summed E-state index contributed by atoms with van der Waals surface area (Å²) in [5, 5.41) is 14.4. The molecule has 0 bridgehead atoms. The summed E-state index contributed by atoms with van der Waals surface area (Å²) in [6.07, 6.45) is 0.566. The Morgan fingerprint density at radius 2 is 1.71 bits per heavy atom. The van der Waals surface area contributed by atoms with Crippen LogP contribution in [0.25, 0.3) is 11.1 Å². The van der Waals surface area contributed by atoms with Gasteiger partial charge in [-0.15, -0.1) is 11.3 Å². The van der Waals surface area contributed by atoms with Crippen molar-refractivity contribution in [3.63, 3.8) is 0 Å². The van der Waals surface area contributed by atoms with Gasteiger partial charge in [-0.2, -0.15) is 0 Å². The lowest BCUT2D eigenvalue weighted by Gasteiger charge is -2.21. The third kappa shape index (κ3) is 5.26. The van der Waals surface area contributed by atoms with Gasteiger partial charge in [0, 0.05) is 23.4 Å². The summed E-state index contributed by atoms with van der Waals surface area (Å²) in [4.78, 5) is 41.3. The van der Waals surface area contributed by atoms with Crippen molar-refractivity contribution in [3.8, 4) is 11.1 Å². The molecular formula is C25H25N3O5S. The zero-order chi connectivity index (χ0) is 24.1. The van der Waals surface area contributed by atoms with E-state index in [1.165, 1.54) is 11.3 Å². The van der Waals surface area contributed by atoms with E-state index in [0.717, 1.165) is 27.1 Å². The number of thiazole rings is 1. The number of nitrogens with zero attached hydrogens (tertiary/aromatic N) is 1. The van der Waals surface area contributed by atoms with Crippen LogP contribution in [0.4, 0.5) is 4.79 Å². The second kappa shape index (κ2) is 10.5. The smallest absolute Gasteiger partial charge is 0.407 e. The topological polar surface area (TPSA) is 118 Å². The Balaban J connectivity index is 1.41. The number of benzene rings is 2. The van der Waals surface area contributed by atoms with Gasteiger partial charge < -0.3 is 20.5 Å². The van der Waals surface area contributed by atoms with Crippen LogP contribution in [-0.4, -0.2) is 40.7 Å². The van der Waals surface area contributed by atoms with Crippen LogP contribution in [0.1, 0.15) is 47.7 Å². The fourth-order valence-electron chi connectivity index (χ4n) is 4.14. The monoisotopic (exact) mass is 479 g/mol. The average Bonchev–Trinajstić information content (AvgIpc) is 3.47. The van der Waals surface area contributed by atoms with Gasteiger partial charge >= 0.3 is 12.1 Å². The van der Waals surface area contributed by atoms with E-state index in [2.05, 4.69) is 15.6 Å². The van der Waals surface area contributed by atoms with Gasteiger partial charge in [-0.1, -0.05) is 48.5 Å². The average molecular weight is 480 g/mol. The number of fused-ring (bicyclic) bond motifs is 3. The van der Waals surface area contributed by atoms with Crippen LogP contribution in [0, 0.1) is 0 Å². The Morgan fingerprint density at radius 3 is 2.29 bits per heavy atom. The maximum Gasteiger partial charge on any atom is 0.407 e. The number of aliphatic carboxylic acids is 1. The minimum atomic E-state index is -1.05. The number of amides is 2. The first kappa shape index (κ1) is 23.4. The number of aromatic nitrogens is 1. The molecule has 0 saturated heterocycles. The van der Waals surface area contributed by atoms with E-state index >= 15 is 0 Å². The summed E-state index contributed by atoms with van der Waals surface area (Å²) in [7, 11) is 0. The van der Waals surface area contributed by atoms with E-state index in [0.29, 0.717) is 0 Å². The summed E-state index contributed by atoms with van der Waals surface area (Å²) in [5.41, 5.74) is 6.05. The van der Waals surface area contributed by atoms with Gasteiger partial charge in [0.25, 0.3) is 0 Å². The first-order valence-corrected chi connectivity index (χ1v) is 11.8. The Bertz CT molecular complexity index is 1140. The molecule has 0 radical (unpaired) electrons. The van der Waals surface area contributed by atoms with Gasteiger partial charge in [0.15, 0.2) is 0 Å². The molecule has 1 aliphatic rings. The lowest BCUT2D eigenvalue weighted by Crippen LogP contribution is -2.47.